The third kappa shape index (κ3) is 8.03. The molecule has 8 heteroatoms. The van der Waals surface area contributed by atoms with E-state index in [0.717, 1.165) is 31.7 Å². The van der Waals surface area contributed by atoms with E-state index in [1.165, 1.54) is 12.8 Å². The number of hydrogen-bond acceptors (Lipinski definition) is 6. The first-order valence-electron chi connectivity index (χ1n) is 10.8. The van der Waals surface area contributed by atoms with E-state index >= 15 is 0 Å². The van der Waals surface area contributed by atoms with Crippen molar-refractivity contribution in [3.63, 3.8) is 0 Å². The Hall–Kier alpha value is -0.326. The number of rotatable bonds is 14. The Labute approximate surface area is 181 Å². The molecular weight excluding hydrogens is 404 g/mol. The number of allylic oxidation sites excluding steroid dienone is 1. The molecule has 0 bridgehead atoms. The van der Waals surface area contributed by atoms with Gasteiger partial charge in [0, 0.05) is 41.2 Å². The molecule has 0 spiro atoms. The molecule has 29 heavy (non-hydrogen) atoms. The van der Waals surface area contributed by atoms with Crippen molar-refractivity contribution in [1.82, 2.24) is 0 Å². The van der Waals surface area contributed by atoms with E-state index < -0.39 is 17.4 Å². The maximum atomic E-state index is 5.90. The Bertz CT molecular complexity index is 428. The van der Waals surface area contributed by atoms with Crippen LogP contribution in [0.4, 0.5) is 0 Å². The first-order chi connectivity index (χ1) is 13.9. The van der Waals surface area contributed by atoms with Crippen LogP contribution in [0.5, 0.6) is 0 Å². The molecule has 0 aliphatic carbocycles. The van der Waals surface area contributed by atoms with Crippen LogP contribution in [0.2, 0.25) is 6.04 Å². The molecule has 1 aliphatic heterocycles. The lowest BCUT2D eigenvalue weighted by atomic mass is 10.0. The van der Waals surface area contributed by atoms with Gasteiger partial charge in [0.25, 0.3) is 0 Å². The van der Waals surface area contributed by atoms with Gasteiger partial charge in [0.05, 0.1) is 0 Å². The van der Waals surface area contributed by atoms with Crippen LogP contribution in [0, 0.1) is 0 Å². The topological polar surface area (TPSA) is 55.4 Å². The minimum Gasteiger partial charge on any atom is -0.396 e. The highest BCUT2D eigenvalue weighted by atomic mass is 28.4. The van der Waals surface area contributed by atoms with Crippen LogP contribution in [0.25, 0.3) is 0 Å². The zero-order valence-corrected chi connectivity index (χ0v) is 21.6. The van der Waals surface area contributed by atoms with Gasteiger partial charge < -0.3 is 26.9 Å². The summed E-state index contributed by atoms with van der Waals surface area (Å²) >= 11 is 0. The third-order valence-electron chi connectivity index (χ3n) is 5.36. The predicted octanol–water partition coefficient (Wildman–Crippen LogP) is 4.95. The fourth-order valence-corrected chi connectivity index (χ4v) is 9.69. The van der Waals surface area contributed by atoms with E-state index in [2.05, 4.69) is 13.2 Å². The Morgan fingerprint density at radius 1 is 0.931 bits per heavy atom. The SMILES string of the molecule is C=CCCCC1(OC)CCCC[Si]1(OC)OC.C=C[Si](OCC)(OCC)OCC. The van der Waals surface area contributed by atoms with E-state index in [1.54, 1.807) is 27.0 Å². The van der Waals surface area contributed by atoms with Gasteiger partial charge in [0.2, 0.25) is 0 Å². The molecule has 6 nitrogen and oxygen atoms in total. The van der Waals surface area contributed by atoms with Gasteiger partial charge in [-0.05, 0) is 58.2 Å². The quantitative estimate of drug-likeness (QED) is 0.213. The first-order valence-corrected chi connectivity index (χ1v) is 14.6. The van der Waals surface area contributed by atoms with E-state index in [0.29, 0.717) is 19.8 Å². The monoisotopic (exact) mass is 448 g/mol. The second-order valence-corrected chi connectivity index (χ2v) is 13.1. The van der Waals surface area contributed by atoms with Crippen LogP contribution in [-0.2, 0) is 26.9 Å². The summed E-state index contributed by atoms with van der Waals surface area (Å²) in [5.74, 6) is 0. The average Bonchev–Trinajstić information content (AvgIpc) is 2.75. The van der Waals surface area contributed by atoms with Crippen molar-refractivity contribution in [3.05, 3.63) is 24.9 Å². The Balaban J connectivity index is 0.000000578. The Kier molecular flexibility index (Phi) is 15.3. The van der Waals surface area contributed by atoms with Gasteiger partial charge in [0.1, 0.15) is 5.22 Å². The lowest BCUT2D eigenvalue weighted by molar-refractivity contribution is -0.0155. The molecule has 0 aromatic rings. The van der Waals surface area contributed by atoms with Crippen molar-refractivity contribution < 1.29 is 26.9 Å². The van der Waals surface area contributed by atoms with E-state index in [4.69, 9.17) is 26.9 Å². The first kappa shape index (κ1) is 28.7. The molecule has 0 N–H and O–H groups in total. The van der Waals surface area contributed by atoms with Crippen LogP contribution in [-0.4, -0.2) is 63.7 Å². The van der Waals surface area contributed by atoms with Crippen molar-refractivity contribution in [1.29, 1.82) is 0 Å². The maximum absolute atomic E-state index is 5.90. The normalized spacial score (nSPS) is 21.2. The molecule has 0 aromatic carbocycles. The van der Waals surface area contributed by atoms with Gasteiger partial charge in [-0.3, -0.25) is 0 Å². The zero-order valence-electron chi connectivity index (χ0n) is 19.6. The van der Waals surface area contributed by atoms with Crippen LogP contribution in [0.1, 0.15) is 59.3 Å². The Morgan fingerprint density at radius 3 is 1.86 bits per heavy atom. The number of unbranched alkanes of at least 4 members (excludes halogenated alkanes) is 1. The second kappa shape index (κ2) is 15.5. The predicted molar refractivity (Wildman–Crippen MR) is 123 cm³/mol. The average molecular weight is 449 g/mol. The molecule has 0 radical (unpaired) electrons. The fourth-order valence-electron chi connectivity index (χ4n) is 3.96. The third-order valence-corrected chi connectivity index (χ3v) is 12.4. The smallest absolute Gasteiger partial charge is 0.396 e. The molecule has 1 rings (SSSR count). The summed E-state index contributed by atoms with van der Waals surface area (Å²) in [6, 6.07) is 1.04. The second-order valence-electron chi connectivity index (χ2n) is 6.85. The lowest BCUT2D eigenvalue weighted by Crippen LogP contribution is -2.64. The summed E-state index contributed by atoms with van der Waals surface area (Å²) in [5, 5.41) is -0.169. The highest BCUT2D eigenvalue weighted by molar-refractivity contribution is 6.70. The molecule has 0 amide bonds. The van der Waals surface area contributed by atoms with E-state index in [-0.39, 0.29) is 5.22 Å². The minimum absolute atomic E-state index is 0.169. The molecule has 1 heterocycles. The molecule has 1 atom stereocenters. The summed E-state index contributed by atoms with van der Waals surface area (Å²) in [6.07, 6.45) is 8.58. The molecule has 0 aromatic heterocycles. The molecule has 172 valence electrons. The van der Waals surface area contributed by atoms with Crippen LogP contribution in [0.15, 0.2) is 24.9 Å². The van der Waals surface area contributed by atoms with E-state index in [1.807, 2.05) is 26.8 Å². The minimum atomic E-state index is -2.51. The summed E-state index contributed by atoms with van der Waals surface area (Å²) in [6.45, 7) is 15.0. The molecule has 1 aliphatic rings. The highest BCUT2D eigenvalue weighted by Gasteiger charge is 2.58. The molecular formula is C21H44O6Si2. The van der Waals surface area contributed by atoms with Crippen LogP contribution in [0.3, 0.4) is 0 Å². The van der Waals surface area contributed by atoms with Gasteiger partial charge >= 0.3 is 17.4 Å². The standard InChI is InChI=1S/C13H26O3Si.C8H18O3Si/c1-5-6-7-10-13(14-2)11-8-9-12-17(13,15-3)16-4;1-5-9-12(8-4,10-6-2)11-7-3/h5H,1,6-12H2,2-4H3;8H,4-7H2,1-3H3. The summed E-state index contributed by atoms with van der Waals surface area (Å²) in [4.78, 5) is 0. The molecule has 1 saturated heterocycles. The van der Waals surface area contributed by atoms with Gasteiger partial charge in [-0.1, -0.05) is 25.5 Å². The van der Waals surface area contributed by atoms with Crippen molar-refractivity contribution in [2.75, 3.05) is 41.2 Å². The summed E-state index contributed by atoms with van der Waals surface area (Å²) < 4.78 is 33.9. The summed E-state index contributed by atoms with van der Waals surface area (Å²) in [5.41, 5.74) is 1.67. The zero-order chi connectivity index (χ0) is 22.2. The van der Waals surface area contributed by atoms with Crippen molar-refractivity contribution >= 4 is 17.4 Å². The number of ether oxygens (including phenoxy) is 1. The van der Waals surface area contributed by atoms with Gasteiger partial charge in [-0.25, -0.2) is 0 Å². The number of hydrogen-bond donors (Lipinski definition) is 0. The van der Waals surface area contributed by atoms with Gasteiger partial charge in [-0.15, -0.1) is 6.58 Å². The van der Waals surface area contributed by atoms with Crippen molar-refractivity contribution in [3.8, 4) is 0 Å². The lowest BCUT2D eigenvalue weighted by Gasteiger charge is -2.48. The Morgan fingerprint density at radius 2 is 1.48 bits per heavy atom. The van der Waals surface area contributed by atoms with Gasteiger partial charge in [0.15, 0.2) is 0 Å². The van der Waals surface area contributed by atoms with Crippen molar-refractivity contribution in [2.24, 2.45) is 0 Å². The number of methoxy groups -OCH3 is 1. The van der Waals surface area contributed by atoms with Crippen LogP contribution < -0.4 is 0 Å². The highest BCUT2D eigenvalue weighted by Crippen LogP contribution is 2.42. The summed E-state index contributed by atoms with van der Waals surface area (Å²) in [7, 11) is 0.642. The molecule has 1 unspecified atom stereocenters. The molecule has 1 fully saturated rings. The van der Waals surface area contributed by atoms with Crippen LogP contribution >= 0.6 is 0 Å². The largest absolute Gasteiger partial charge is 0.528 e. The van der Waals surface area contributed by atoms with Crippen molar-refractivity contribution in [2.45, 2.75) is 70.6 Å². The fraction of sp³-hybridized carbons (Fsp3) is 0.810. The van der Waals surface area contributed by atoms with E-state index in [9.17, 15) is 0 Å². The maximum Gasteiger partial charge on any atom is 0.528 e. The molecule has 0 saturated carbocycles. The van der Waals surface area contributed by atoms with Gasteiger partial charge in [-0.2, -0.15) is 0 Å².